The first kappa shape index (κ1) is 14.4. The third kappa shape index (κ3) is 3.21. The van der Waals surface area contributed by atoms with Crippen LogP contribution in [0, 0.1) is 0 Å². The zero-order valence-corrected chi connectivity index (χ0v) is 12.4. The summed E-state index contributed by atoms with van der Waals surface area (Å²) in [4.78, 5) is 16.2. The maximum absolute atomic E-state index is 12.2. The second-order valence-electron chi connectivity index (χ2n) is 5.25. The van der Waals surface area contributed by atoms with Crippen LogP contribution in [0.1, 0.15) is 13.3 Å². The molecule has 0 radical (unpaired) electrons. The van der Waals surface area contributed by atoms with Gasteiger partial charge < -0.3 is 19.4 Å². The molecule has 0 bridgehead atoms. The lowest BCUT2D eigenvalue weighted by atomic mass is 10.1. The minimum absolute atomic E-state index is 0.146. The second kappa shape index (κ2) is 6.51. The number of rotatable bonds is 5. The molecule has 1 aromatic carbocycles. The number of amides is 1. The van der Waals surface area contributed by atoms with Crippen molar-refractivity contribution in [2.75, 3.05) is 6.54 Å². The monoisotopic (exact) mass is 301 g/mol. The molecular formula is C16H19N3O3. The van der Waals surface area contributed by atoms with E-state index in [0.717, 1.165) is 13.0 Å². The molecule has 0 saturated carbocycles. The Labute approximate surface area is 129 Å². The van der Waals surface area contributed by atoms with E-state index in [4.69, 9.17) is 9.47 Å². The quantitative estimate of drug-likeness (QED) is 0.852. The van der Waals surface area contributed by atoms with Gasteiger partial charge in [-0.2, -0.15) is 0 Å². The number of para-hydroxylation sites is 2. The van der Waals surface area contributed by atoms with E-state index in [-0.39, 0.29) is 12.0 Å². The SMILES string of the molecule is CC1Oc2ccccc2OC1C(=O)NCCCn1ccnc1. The van der Waals surface area contributed by atoms with Gasteiger partial charge >= 0.3 is 0 Å². The van der Waals surface area contributed by atoms with Crippen molar-refractivity contribution in [3.05, 3.63) is 43.0 Å². The highest BCUT2D eigenvalue weighted by atomic mass is 16.6. The Kier molecular flexibility index (Phi) is 4.27. The van der Waals surface area contributed by atoms with Crippen molar-refractivity contribution in [3.8, 4) is 11.5 Å². The number of nitrogens with zero attached hydrogens (tertiary/aromatic N) is 2. The van der Waals surface area contributed by atoms with Crippen LogP contribution in [0.5, 0.6) is 11.5 Å². The van der Waals surface area contributed by atoms with Crippen LogP contribution in [0.15, 0.2) is 43.0 Å². The minimum Gasteiger partial charge on any atom is -0.482 e. The van der Waals surface area contributed by atoms with Gasteiger partial charge in [-0.25, -0.2) is 4.98 Å². The molecule has 2 unspecified atom stereocenters. The summed E-state index contributed by atoms with van der Waals surface area (Å²) in [5.41, 5.74) is 0. The van der Waals surface area contributed by atoms with E-state index >= 15 is 0 Å². The molecule has 1 N–H and O–H groups in total. The van der Waals surface area contributed by atoms with Gasteiger partial charge in [-0.05, 0) is 25.5 Å². The Hall–Kier alpha value is -2.50. The van der Waals surface area contributed by atoms with Crippen molar-refractivity contribution in [2.45, 2.75) is 32.1 Å². The van der Waals surface area contributed by atoms with Crippen molar-refractivity contribution in [1.82, 2.24) is 14.9 Å². The zero-order valence-electron chi connectivity index (χ0n) is 12.4. The van der Waals surface area contributed by atoms with Crippen LogP contribution in [0.4, 0.5) is 0 Å². The molecule has 6 nitrogen and oxygen atoms in total. The first-order valence-corrected chi connectivity index (χ1v) is 7.40. The molecule has 2 atom stereocenters. The van der Waals surface area contributed by atoms with Crippen molar-refractivity contribution in [2.24, 2.45) is 0 Å². The highest BCUT2D eigenvalue weighted by molar-refractivity contribution is 5.82. The Bertz CT molecular complexity index is 627. The number of hydrogen-bond donors (Lipinski definition) is 1. The molecule has 6 heteroatoms. The van der Waals surface area contributed by atoms with Gasteiger partial charge in [0.05, 0.1) is 6.33 Å². The van der Waals surface area contributed by atoms with Crippen molar-refractivity contribution < 1.29 is 14.3 Å². The molecule has 1 aliphatic heterocycles. The maximum Gasteiger partial charge on any atom is 0.265 e. The van der Waals surface area contributed by atoms with Crippen molar-refractivity contribution in [1.29, 1.82) is 0 Å². The number of nitrogens with one attached hydrogen (secondary N) is 1. The molecule has 0 fully saturated rings. The molecule has 3 rings (SSSR count). The summed E-state index contributed by atoms with van der Waals surface area (Å²) in [5.74, 6) is 1.14. The lowest BCUT2D eigenvalue weighted by Gasteiger charge is -2.31. The smallest absolute Gasteiger partial charge is 0.265 e. The Morgan fingerprint density at radius 3 is 2.82 bits per heavy atom. The van der Waals surface area contributed by atoms with Gasteiger partial charge in [0.25, 0.3) is 5.91 Å². The van der Waals surface area contributed by atoms with Gasteiger partial charge in [0.2, 0.25) is 6.10 Å². The number of hydrogen-bond acceptors (Lipinski definition) is 4. The minimum atomic E-state index is -0.622. The summed E-state index contributed by atoms with van der Waals surface area (Å²) >= 11 is 0. The van der Waals surface area contributed by atoms with E-state index in [9.17, 15) is 4.79 Å². The summed E-state index contributed by atoms with van der Waals surface area (Å²) < 4.78 is 13.5. The van der Waals surface area contributed by atoms with E-state index < -0.39 is 6.10 Å². The lowest BCUT2D eigenvalue weighted by molar-refractivity contribution is -0.133. The van der Waals surface area contributed by atoms with Crippen LogP contribution in [0.25, 0.3) is 0 Å². The summed E-state index contributed by atoms with van der Waals surface area (Å²) in [7, 11) is 0. The number of aryl methyl sites for hydroxylation is 1. The maximum atomic E-state index is 12.2. The van der Waals surface area contributed by atoms with E-state index in [0.29, 0.717) is 18.0 Å². The topological polar surface area (TPSA) is 65.4 Å². The molecule has 1 amide bonds. The second-order valence-corrected chi connectivity index (χ2v) is 5.25. The van der Waals surface area contributed by atoms with Crippen molar-refractivity contribution in [3.63, 3.8) is 0 Å². The first-order chi connectivity index (χ1) is 10.7. The number of carbonyl (C=O) groups is 1. The number of imidazole rings is 1. The predicted molar refractivity (Wildman–Crippen MR) is 80.8 cm³/mol. The normalized spacial score (nSPS) is 19.7. The van der Waals surface area contributed by atoms with Crippen LogP contribution in [-0.4, -0.2) is 34.2 Å². The van der Waals surface area contributed by atoms with Crippen molar-refractivity contribution >= 4 is 5.91 Å². The van der Waals surface area contributed by atoms with Crippen LogP contribution in [0.3, 0.4) is 0 Å². The Morgan fingerprint density at radius 1 is 1.32 bits per heavy atom. The van der Waals surface area contributed by atoms with Gasteiger partial charge in [-0.15, -0.1) is 0 Å². The lowest BCUT2D eigenvalue weighted by Crippen LogP contribution is -2.49. The Balaban J connectivity index is 1.50. The third-order valence-corrected chi connectivity index (χ3v) is 3.55. The fraction of sp³-hybridized carbons (Fsp3) is 0.375. The Morgan fingerprint density at radius 2 is 2.09 bits per heavy atom. The predicted octanol–water partition coefficient (Wildman–Crippen LogP) is 1.62. The summed E-state index contributed by atoms with van der Waals surface area (Å²) in [5, 5.41) is 2.90. The van der Waals surface area contributed by atoms with Crippen LogP contribution < -0.4 is 14.8 Å². The summed E-state index contributed by atoms with van der Waals surface area (Å²) in [6, 6.07) is 7.38. The zero-order chi connectivity index (χ0) is 15.4. The number of aromatic nitrogens is 2. The van der Waals surface area contributed by atoms with E-state index in [1.54, 1.807) is 18.6 Å². The fourth-order valence-corrected chi connectivity index (χ4v) is 2.40. The molecule has 2 aromatic rings. The average Bonchev–Trinajstić information content (AvgIpc) is 3.04. The molecule has 0 spiro atoms. The van der Waals surface area contributed by atoms with E-state index in [2.05, 4.69) is 10.3 Å². The fourth-order valence-electron chi connectivity index (χ4n) is 2.40. The van der Waals surface area contributed by atoms with Gasteiger partial charge in [0.1, 0.15) is 6.10 Å². The van der Waals surface area contributed by atoms with Gasteiger partial charge in [-0.1, -0.05) is 12.1 Å². The van der Waals surface area contributed by atoms with E-state index in [1.807, 2.05) is 35.9 Å². The standard InChI is InChI=1S/C16H19N3O3/c1-12-15(22-14-6-3-2-5-13(14)21-12)16(20)18-7-4-9-19-10-8-17-11-19/h2-3,5-6,8,10-12,15H,4,7,9H2,1H3,(H,18,20). The molecule has 2 heterocycles. The molecule has 116 valence electrons. The van der Waals surface area contributed by atoms with E-state index in [1.165, 1.54) is 0 Å². The largest absolute Gasteiger partial charge is 0.482 e. The highest BCUT2D eigenvalue weighted by Gasteiger charge is 2.33. The van der Waals surface area contributed by atoms with Gasteiger partial charge in [-0.3, -0.25) is 4.79 Å². The number of carbonyl (C=O) groups excluding carboxylic acids is 1. The average molecular weight is 301 g/mol. The van der Waals surface area contributed by atoms with Crippen LogP contribution >= 0.6 is 0 Å². The highest BCUT2D eigenvalue weighted by Crippen LogP contribution is 2.33. The van der Waals surface area contributed by atoms with Gasteiger partial charge in [0, 0.05) is 25.5 Å². The summed E-state index contributed by atoms with van der Waals surface area (Å²) in [6.45, 7) is 3.25. The molecule has 1 aromatic heterocycles. The summed E-state index contributed by atoms with van der Waals surface area (Å²) in [6.07, 6.45) is 5.30. The number of ether oxygens (including phenoxy) is 2. The number of fused-ring (bicyclic) bond motifs is 1. The van der Waals surface area contributed by atoms with Gasteiger partial charge in [0.15, 0.2) is 11.5 Å². The number of benzene rings is 1. The third-order valence-electron chi connectivity index (χ3n) is 3.55. The molecule has 0 aliphatic carbocycles. The van der Waals surface area contributed by atoms with Crippen LogP contribution in [0.2, 0.25) is 0 Å². The molecule has 22 heavy (non-hydrogen) atoms. The van der Waals surface area contributed by atoms with Crippen LogP contribution in [-0.2, 0) is 11.3 Å². The molecule has 1 aliphatic rings. The molecule has 0 saturated heterocycles. The first-order valence-electron chi connectivity index (χ1n) is 7.40. The molecular weight excluding hydrogens is 282 g/mol.